The summed E-state index contributed by atoms with van der Waals surface area (Å²) in [4.78, 5) is 11.0. The number of nitrogens with one attached hydrogen (secondary N) is 1. The molecule has 0 radical (unpaired) electrons. The summed E-state index contributed by atoms with van der Waals surface area (Å²) >= 11 is 0.668. The number of aldehydes is 1. The average molecular weight is 206 g/mol. The van der Waals surface area contributed by atoms with E-state index in [2.05, 4.69) is 12.2 Å². The summed E-state index contributed by atoms with van der Waals surface area (Å²) in [7, 11) is 0. The molecule has 0 spiro atoms. The van der Waals surface area contributed by atoms with E-state index in [9.17, 15) is 4.79 Å². The Morgan fingerprint density at radius 1 is 1.80 bits per heavy atom. The fourth-order valence-corrected chi connectivity index (χ4v) is 3.76. The summed E-state index contributed by atoms with van der Waals surface area (Å²) in [6, 6.07) is 0.177. The van der Waals surface area contributed by atoms with Crippen LogP contribution >= 0.6 is 0 Å². The zero-order chi connectivity index (χ0) is 7.40. The van der Waals surface area contributed by atoms with Crippen LogP contribution in [-0.4, -0.2) is 32.2 Å². The summed E-state index contributed by atoms with van der Waals surface area (Å²) < 4.78 is 0. The van der Waals surface area contributed by atoms with Gasteiger partial charge in [-0.25, -0.2) is 0 Å². The van der Waals surface area contributed by atoms with E-state index >= 15 is 0 Å². The molecule has 10 heavy (non-hydrogen) atoms. The van der Waals surface area contributed by atoms with Crippen molar-refractivity contribution >= 4 is 21.2 Å². The molecule has 1 N–H and O–H groups in total. The Morgan fingerprint density at radius 2 is 2.60 bits per heavy atom. The number of carbonyl (C=O) groups is 1. The van der Waals surface area contributed by atoms with Crippen LogP contribution in [0.5, 0.6) is 0 Å². The van der Waals surface area contributed by atoms with Gasteiger partial charge in [-0.1, -0.05) is 0 Å². The van der Waals surface area contributed by atoms with Gasteiger partial charge in [-0.3, -0.25) is 0 Å². The maximum absolute atomic E-state index is 10.3. The number of hydrogen-bond acceptors (Lipinski definition) is 2. The Morgan fingerprint density at radius 3 is 3.10 bits per heavy atom. The summed E-state index contributed by atoms with van der Waals surface area (Å²) in [5.74, 6) is 0. The van der Waals surface area contributed by atoms with Crippen LogP contribution in [0, 0.1) is 0 Å². The van der Waals surface area contributed by atoms with Crippen LogP contribution in [0.15, 0.2) is 0 Å². The van der Waals surface area contributed by atoms with E-state index in [1.165, 1.54) is 12.8 Å². The maximum atomic E-state index is 10.3. The predicted octanol–water partition coefficient (Wildman–Crippen LogP) is 0.406. The van der Waals surface area contributed by atoms with Crippen molar-refractivity contribution in [3.8, 4) is 0 Å². The molecule has 58 valence electrons. The molecular weight excluding hydrogens is 193 g/mol. The van der Waals surface area contributed by atoms with Crippen molar-refractivity contribution in [2.75, 3.05) is 0 Å². The molecule has 1 rings (SSSR count). The SMILES string of the molecule is CCCC1N[C@H](C=O)C[Se]1. The molecule has 0 aromatic carbocycles. The first kappa shape index (κ1) is 8.25. The standard InChI is InChI=1S/C7H13NOSe/c1-2-3-7-8-6(4-9)5-10-7/h4,6-8H,2-3,5H2,1H3/t6-,7?/m1/s1. The minimum atomic E-state index is 0.177. The second-order valence-electron chi connectivity index (χ2n) is 2.52. The molecule has 0 aromatic heterocycles. The van der Waals surface area contributed by atoms with Gasteiger partial charge in [0.2, 0.25) is 0 Å². The van der Waals surface area contributed by atoms with Crippen molar-refractivity contribution in [3.63, 3.8) is 0 Å². The van der Waals surface area contributed by atoms with Crippen LogP contribution in [0.1, 0.15) is 19.8 Å². The van der Waals surface area contributed by atoms with Crippen molar-refractivity contribution in [3.05, 3.63) is 0 Å². The number of carbonyl (C=O) groups excluding carboxylic acids is 1. The van der Waals surface area contributed by atoms with Crippen molar-refractivity contribution in [1.29, 1.82) is 0 Å². The van der Waals surface area contributed by atoms with E-state index in [4.69, 9.17) is 0 Å². The first-order valence-electron chi connectivity index (χ1n) is 3.69. The number of hydrogen-bond donors (Lipinski definition) is 1. The average Bonchev–Trinajstić information content (AvgIpc) is 2.37. The molecule has 1 fully saturated rings. The van der Waals surface area contributed by atoms with Crippen LogP contribution in [-0.2, 0) is 4.79 Å². The van der Waals surface area contributed by atoms with Gasteiger partial charge in [-0.05, 0) is 0 Å². The zero-order valence-corrected chi connectivity index (χ0v) is 7.88. The van der Waals surface area contributed by atoms with Gasteiger partial charge in [-0.2, -0.15) is 0 Å². The van der Waals surface area contributed by atoms with Crippen molar-refractivity contribution in [2.24, 2.45) is 0 Å². The Bertz CT molecular complexity index is 118. The van der Waals surface area contributed by atoms with Gasteiger partial charge in [-0.15, -0.1) is 0 Å². The van der Waals surface area contributed by atoms with E-state index in [0.717, 1.165) is 11.6 Å². The van der Waals surface area contributed by atoms with Crippen molar-refractivity contribution in [1.82, 2.24) is 5.32 Å². The molecule has 1 heterocycles. The number of rotatable bonds is 3. The Balaban J connectivity index is 2.21. The van der Waals surface area contributed by atoms with Crippen molar-refractivity contribution in [2.45, 2.75) is 36.1 Å². The molecule has 0 amide bonds. The van der Waals surface area contributed by atoms with Gasteiger partial charge in [0.1, 0.15) is 0 Å². The van der Waals surface area contributed by atoms with Crippen molar-refractivity contribution < 1.29 is 4.79 Å². The van der Waals surface area contributed by atoms with Gasteiger partial charge in [0, 0.05) is 0 Å². The fourth-order valence-electron chi connectivity index (χ4n) is 1.06. The van der Waals surface area contributed by atoms with E-state index in [1.54, 1.807) is 0 Å². The molecule has 2 atom stereocenters. The Labute approximate surface area is 67.9 Å². The zero-order valence-electron chi connectivity index (χ0n) is 6.17. The van der Waals surface area contributed by atoms with Crippen LogP contribution < -0.4 is 5.32 Å². The summed E-state index contributed by atoms with van der Waals surface area (Å²) in [6.07, 6.45) is 3.51. The molecule has 1 saturated heterocycles. The van der Waals surface area contributed by atoms with E-state index in [-0.39, 0.29) is 6.04 Å². The van der Waals surface area contributed by atoms with Crippen LogP contribution in [0.4, 0.5) is 0 Å². The third kappa shape index (κ3) is 2.08. The van der Waals surface area contributed by atoms with Crippen LogP contribution in [0.3, 0.4) is 0 Å². The van der Waals surface area contributed by atoms with Gasteiger partial charge in [0.25, 0.3) is 0 Å². The summed E-state index contributed by atoms with van der Waals surface area (Å²) in [5, 5.41) is 4.40. The van der Waals surface area contributed by atoms with E-state index in [0.29, 0.717) is 19.9 Å². The van der Waals surface area contributed by atoms with E-state index in [1.807, 2.05) is 0 Å². The first-order chi connectivity index (χ1) is 4.86. The molecule has 0 bridgehead atoms. The molecule has 3 heteroatoms. The molecular formula is C7H13NOSe. The van der Waals surface area contributed by atoms with Gasteiger partial charge in [0.15, 0.2) is 0 Å². The molecule has 1 aliphatic heterocycles. The monoisotopic (exact) mass is 207 g/mol. The Kier molecular flexibility index (Phi) is 3.40. The molecule has 0 saturated carbocycles. The Hall–Kier alpha value is 0.149. The quantitative estimate of drug-likeness (QED) is 0.535. The third-order valence-electron chi connectivity index (χ3n) is 1.59. The fraction of sp³-hybridized carbons (Fsp3) is 0.857. The first-order valence-corrected chi connectivity index (χ1v) is 5.89. The summed E-state index contributed by atoms with van der Waals surface area (Å²) in [6.45, 7) is 2.19. The second-order valence-corrected chi connectivity index (χ2v) is 5.11. The normalized spacial score (nSPS) is 32.5. The third-order valence-corrected chi connectivity index (χ3v) is 4.37. The topological polar surface area (TPSA) is 29.1 Å². The van der Waals surface area contributed by atoms with Gasteiger partial charge < -0.3 is 0 Å². The molecule has 1 aliphatic rings. The summed E-state index contributed by atoms with van der Waals surface area (Å²) in [5.41, 5.74) is 0. The van der Waals surface area contributed by atoms with Crippen LogP contribution in [0.2, 0.25) is 5.32 Å². The van der Waals surface area contributed by atoms with Gasteiger partial charge in [0.05, 0.1) is 0 Å². The minimum absolute atomic E-state index is 0.177. The molecule has 0 aliphatic carbocycles. The molecule has 1 unspecified atom stereocenters. The van der Waals surface area contributed by atoms with Crippen LogP contribution in [0.25, 0.3) is 0 Å². The molecule has 2 nitrogen and oxygen atoms in total. The second kappa shape index (κ2) is 4.12. The van der Waals surface area contributed by atoms with Gasteiger partial charge >= 0.3 is 67.4 Å². The molecule has 0 aromatic rings. The predicted molar refractivity (Wildman–Crippen MR) is 42.2 cm³/mol. The van der Waals surface area contributed by atoms with E-state index < -0.39 is 0 Å².